The Labute approximate surface area is 177 Å². The molecule has 0 heterocycles. The summed E-state index contributed by atoms with van der Waals surface area (Å²) in [7, 11) is 0. The van der Waals surface area contributed by atoms with Crippen LogP contribution in [0.4, 0.5) is 5.69 Å². The van der Waals surface area contributed by atoms with E-state index < -0.39 is 6.04 Å². The number of hydrogen-bond donors (Lipinski definition) is 2. The van der Waals surface area contributed by atoms with E-state index in [1.165, 1.54) is 0 Å². The van der Waals surface area contributed by atoms with Crippen LogP contribution < -0.4 is 15.4 Å². The molecule has 3 rings (SSSR count). The third-order valence-electron chi connectivity index (χ3n) is 4.59. The van der Waals surface area contributed by atoms with E-state index >= 15 is 0 Å². The summed E-state index contributed by atoms with van der Waals surface area (Å²) in [4.78, 5) is 25.4. The summed E-state index contributed by atoms with van der Waals surface area (Å²) in [5.74, 6) is 0.664. The molecule has 2 N–H and O–H groups in total. The largest absolute Gasteiger partial charge is 0.455 e. The van der Waals surface area contributed by atoms with E-state index in [-0.39, 0.29) is 24.2 Å². The molecule has 0 saturated heterocycles. The van der Waals surface area contributed by atoms with E-state index in [1.807, 2.05) is 86.6 Å². The number of benzene rings is 3. The third-order valence-corrected chi connectivity index (χ3v) is 4.59. The van der Waals surface area contributed by atoms with Crippen molar-refractivity contribution in [2.75, 3.05) is 5.32 Å². The number of anilines is 1. The first-order valence-corrected chi connectivity index (χ1v) is 9.99. The molecular formula is C25H26N2O3. The lowest BCUT2D eigenvalue weighted by atomic mass is 10.0. The van der Waals surface area contributed by atoms with Crippen molar-refractivity contribution in [3.63, 3.8) is 0 Å². The summed E-state index contributed by atoms with van der Waals surface area (Å²) in [5.41, 5.74) is 1.45. The second-order valence-electron chi connectivity index (χ2n) is 7.35. The molecule has 3 aromatic rings. The molecule has 5 heteroatoms. The molecule has 0 aliphatic rings. The van der Waals surface area contributed by atoms with Gasteiger partial charge in [-0.05, 0) is 35.7 Å². The molecule has 30 heavy (non-hydrogen) atoms. The molecule has 0 saturated carbocycles. The van der Waals surface area contributed by atoms with Crippen LogP contribution in [0, 0.1) is 5.92 Å². The minimum Gasteiger partial charge on any atom is -0.455 e. The summed E-state index contributed by atoms with van der Waals surface area (Å²) < 4.78 is 5.91. The van der Waals surface area contributed by atoms with Crippen LogP contribution in [-0.2, 0) is 16.0 Å². The lowest BCUT2D eigenvalue weighted by Gasteiger charge is -2.22. The molecule has 3 aromatic carbocycles. The maximum absolute atomic E-state index is 13.0. The van der Waals surface area contributed by atoms with Crippen molar-refractivity contribution >= 4 is 17.5 Å². The van der Waals surface area contributed by atoms with Crippen molar-refractivity contribution in [1.82, 2.24) is 5.32 Å². The Hall–Kier alpha value is -3.60. The Morgan fingerprint density at radius 1 is 0.833 bits per heavy atom. The number of amides is 2. The number of carbonyl (C=O) groups excluding carboxylic acids is 2. The summed E-state index contributed by atoms with van der Waals surface area (Å²) in [6, 6.07) is 25.4. The molecular weight excluding hydrogens is 376 g/mol. The molecule has 0 radical (unpaired) electrons. The Bertz CT molecular complexity index is 972. The van der Waals surface area contributed by atoms with Gasteiger partial charge in [-0.3, -0.25) is 9.59 Å². The van der Waals surface area contributed by atoms with Crippen LogP contribution in [0.3, 0.4) is 0 Å². The van der Waals surface area contributed by atoms with Crippen LogP contribution >= 0.6 is 0 Å². The highest BCUT2D eigenvalue weighted by molar-refractivity contribution is 5.98. The second-order valence-corrected chi connectivity index (χ2v) is 7.35. The summed E-state index contributed by atoms with van der Waals surface area (Å²) in [6.07, 6.45) is 0.227. The molecule has 0 spiro atoms. The van der Waals surface area contributed by atoms with Crippen LogP contribution in [0.2, 0.25) is 0 Å². The second kappa shape index (κ2) is 10.3. The maximum atomic E-state index is 13.0. The van der Waals surface area contributed by atoms with E-state index in [0.29, 0.717) is 17.2 Å². The van der Waals surface area contributed by atoms with Gasteiger partial charge >= 0.3 is 0 Å². The van der Waals surface area contributed by atoms with Gasteiger partial charge in [-0.25, -0.2) is 0 Å². The van der Waals surface area contributed by atoms with Gasteiger partial charge in [0.1, 0.15) is 11.8 Å². The first-order valence-electron chi connectivity index (χ1n) is 9.99. The lowest BCUT2D eigenvalue weighted by Crippen LogP contribution is -2.47. The fourth-order valence-electron chi connectivity index (χ4n) is 3.03. The van der Waals surface area contributed by atoms with Crippen molar-refractivity contribution in [1.29, 1.82) is 0 Å². The Kier molecular flexibility index (Phi) is 7.22. The predicted molar refractivity (Wildman–Crippen MR) is 119 cm³/mol. The van der Waals surface area contributed by atoms with E-state index in [1.54, 1.807) is 12.1 Å². The minimum atomic E-state index is -0.661. The van der Waals surface area contributed by atoms with Gasteiger partial charge in [0.05, 0.1) is 12.1 Å². The Balaban J connectivity index is 1.69. The monoisotopic (exact) mass is 402 g/mol. The molecule has 154 valence electrons. The molecule has 0 aliphatic heterocycles. The van der Waals surface area contributed by atoms with Gasteiger partial charge in [-0.1, -0.05) is 74.5 Å². The minimum absolute atomic E-state index is 0.0769. The van der Waals surface area contributed by atoms with Gasteiger partial charge in [-0.2, -0.15) is 0 Å². The Morgan fingerprint density at radius 3 is 2.10 bits per heavy atom. The van der Waals surface area contributed by atoms with Gasteiger partial charge in [0.2, 0.25) is 11.8 Å². The van der Waals surface area contributed by atoms with Gasteiger partial charge in [0, 0.05) is 0 Å². The molecule has 0 bridgehead atoms. The van der Waals surface area contributed by atoms with E-state index in [4.69, 9.17) is 4.74 Å². The molecule has 2 amide bonds. The summed E-state index contributed by atoms with van der Waals surface area (Å²) >= 11 is 0. The highest BCUT2D eigenvalue weighted by atomic mass is 16.5. The molecule has 0 aliphatic carbocycles. The zero-order valence-electron chi connectivity index (χ0n) is 17.2. The lowest BCUT2D eigenvalue weighted by molar-refractivity contribution is -0.127. The SMILES string of the molecule is CC(C)C(NC(=O)Cc1ccccc1)C(=O)Nc1ccccc1Oc1ccccc1. The van der Waals surface area contributed by atoms with Crippen molar-refractivity contribution in [3.8, 4) is 11.5 Å². The first-order chi connectivity index (χ1) is 14.5. The zero-order valence-corrected chi connectivity index (χ0v) is 17.2. The van der Waals surface area contributed by atoms with E-state index in [9.17, 15) is 9.59 Å². The first kappa shape index (κ1) is 21.1. The maximum Gasteiger partial charge on any atom is 0.247 e. The number of ether oxygens (including phenoxy) is 1. The van der Waals surface area contributed by atoms with Crippen molar-refractivity contribution in [3.05, 3.63) is 90.5 Å². The number of nitrogens with one attached hydrogen (secondary N) is 2. The van der Waals surface area contributed by atoms with Crippen LogP contribution in [0.15, 0.2) is 84.9 Å². The van der Waals surface area contributed by atoms with Gasteiger partial charge in [0.25, 0.3) is 0 Å². The van der Waals surface area contributed by atoms with E-state index in [0.717, 1.165) is 5.56 Å². The third kappa shape index (κ3) is 5.95. The fourth-order valence-corrected chi connectivity index (χ4v) is 3.03. The molecule has 0 aromatic heterocycles. The average molecular weight is 402 g/mol. The van der Waals surface area contributed by atoms with Crippen LogP contribution in [0.25, 0.3) is 0 Å². The van der Waals surface area contributed by atoms with Crippen LogP contribution in [-0.4, -0.2) is 17.9 Å². The highest BCUT2D eigenvalue weighted by Crippen LogP contribution is 2.29. The van der Waals surface area contributed by atoms with Crippen molar-refractivity contribution < 1.29 is 14.3 Å². The molecule has 5 nitrogen and oxygen atoms in total. The summed E-state index contributed by atoms with van der Waals surface area (Å²) in [6.45, 7) is 3.80. The predicted octanol–water partition coefficient (Wildman–Crippen LogP) is 4.80. The average Bonchev–Trinajstić information content (AvgIpc) is 2.74. The zero-order chi connectivity index (χ0) is 21.3. The quantitative estimate of drug-likeness (QED) is 0.569. The van der Waals surface area contributed by atoms with Crippen LogP contribution in [0.1, 0.15) is 19.4 Å². The van der Waals surface area contributed by atoms with Gasteiger partial charge in [0.15, 0.2) is 5.75 Å². The smallest absolute Gasteiger partial charge is 0.247 e. The molecule has 0 fully saturated rings. The number of carbonyl (C=O) groups is 2. The number of para-hydroxylation sites is 3. The number of rotatable bonds is 8. The van der Waals surface area contributed by atoms with Crippen molar-refractivity contribution in [2.45, 2.75) is 26.3 Å². The highest BCUT2D eigenvalue weighted by Gasteiger charge is 2.25. The van der Waals surface area contributed by atoms with E-state index in [2.05, 4.69) is 10.6 Å². The fraction of sp³-hybridized carbons (Fsp3) is 0.200. The standard InChI is InChI=1S/C25H26N2O3/c1-18(2)24(27-23(28)17-19-11-5-3-6-12-19)25(29)26-21-15-9-10-16-22(21)30-20-13-7-4-8-14-20/h3-16,18,24H,17H2,1-2H3,(H,26,29)(H,27,28). The van der Waals surface area contributed by atoms with Crippen molar-refractivity contribution in [2.24, 2.45) is 5.92 Å². The normalized spacial score (nSPS) is 11.6. The van der Waals surface area contributed by atoms with Gasteiger partial charge in [-0.15, -0.1) is 0 Å². The Morgan fingerprint density at radius 2 is 1.43 bits per heavy atom. The number of hydrogen-bond acceptors (Lipinski definition) is 3. The van der Waals surface area contributed by atoms with Crippen LogP contribution in [0.5, 0.6) is 11.5 Å². The summed E-state index contributed by atoms with van der Waals surface area (Å²) in [5, 5.41) is 5.77. The molecule has 1 atom stereocenters. The molecule has 1 unspecified atom stereocenters. The topological polar surface area (TPSA) is 67.4 Å². The van der Waals surface area contributed by atoms with Gasteiger partial charge < -0.3 is 15.4 Å².